The first-order valence-electron chi connectivity index (χ1n) is 5.57. The number of carbonyl (C=O) groups is 1. The highest BCUT2D eigenvalue weighted by atomic mass is 16.4. The van der Waals surface area contributed by atoms with Gasteiger partial charge in [0.25, 0.3) is 0 Å². The molecule has 1 atom stereocenters. The summed E-state index contributed by atoms with van der Waals surface area (Å²) in [6, 6.07) is 0. The Labute approximate surface area is 91.4 Å². The number of carboxylic acids is 1. The lowest BCUT2D eigenvalue weighted by Gasteiger charge is -2.30. The van der Waals surface area contributed by atoms with Crippen LogP contribution in [0.25, 0.3) is 0 Å². The molecule has 0 heterocycles. The van der Waals surface area contributed by atoms with Crippen LogP contribution < -0.4 is 5.73 Å². The molecule has 0 saturated heterocycles. The Morgan fingerprint density at radius 3 is 2.47 bits per heavy atom. The number of nitrogens with two attached hydrogens (primary N) is 1. The second-order valence-corrected chi connectivity index (χ2v) is 5.21. The van der Waals surface area contributed by atoms with E-state index in [0.717, 1.165) is 19.4 Å². The molecule has 0 aliphatic heterocycles. The van der Waals surface area contributed by atoms with Crippen LogP contribution in [0.2, 0.25) is 0 Å². The Morgan fingerprint density at radius 2 is 2.13 bits per heavy atom. The Hall–Kier alpha value is -0.610. The van der Waals surface area contributed by atoms with Gasteiger partial charge in [0.15, 0.2) is 0 Å². The molecule has 1 aliphatic carbocycles. The molecule has 0 aromatic heterocycles. The Bertz CT molecular complexity index is 239. The molecule has 0 bridgehead atoms. The first kappa shape index (κ1) is 12.5. The maximum absolute atomic E-state index is 11.2. The molecule has 1 fully saturated rings. The smallest absolute Gasteiger partial charge is 0.325 e. The largest absolute Gasteiger partial charge is 0.480 e. The maximum Gasteiger partial charge on any atom is 0.325 e. The number of nitrogens with zero attached hydrogens (tertiary/aromatic N) is 1. The molecule has 4 nitrogen and oxygen atoms in total. The third-order valence-electron chi connectivity index (χ3n) is 2.91. The second kappa shape index (κ2) is 4.49. The van der Waals surface area contributed by atoms with Gasteiger partial charge in [-0.15, -0.1) is 0 Å². The normalized spacial score (nSPS) is 20.7. The Balaban J connectivity index is 2.55. The first-order valence-corrected chi connectivity index (χ1v) is 5.57. The van der Waals surface area contributed by atoms with Crippen LogP contribution in [0.3, 0.4) is 0 Å². The van der Waals surface area contributed by atoms with E-state index in [9.17, 15) is 9.90 Å². The highest BCUT2D eigenvalue weighted by Gasteiger charge is 2.48. The van der Waals surface area contributed by atoms with Crippen molar-refractivity contribution < 1.29 is 9.90 Å². The summed E-state index contributed by atoms with van der Waals surface area (Å²) in [4.78, 5) is 13.2. The predicted molar refractivity (Wildman–Crippen MR) is 59.6 cm³/mol. The van der Waals surface area contributed by atoms with E-state index in [1.165, 1.54) is 0 Å². The molecule has 0 aromatic carbocycles. The minimum atomic E-state index is -1.04. The van der Waals surface area contributed by atoms with E-state index < -0.39 is 11.5 Å². The highest BCUT2D eigenvalue weighted by molar-refractivity contribution is 5.79. The average Bonchev–Trinajstić information content (AvgIpc) is 2.82. The highest BCUT2D eigenvalue weighted by Crippen LogP contribution is 2.38. The third-order valence-corrected chi connectivity index (χ3v) is 2.91. The molecule has 1 saturated carbocycles. The average molecular weight is 214 g/mol. The van der Waals surface area contributed by atoms with Gasteiger partial charge in [-0.1, -0.05) is 13.8 Å². The quantitative estimate of drug-likeness (QED) is 0.685. The molecule has 1 unspecified atom stereocenters. The van der Waals surface area contributed by atoms with Gasteiger partial charge in [-0.3, -0.25) is 4.79 Å². The molecule has 88 valence electrons. The zero-order chi connectivity index (χ0) is 11.6. The summed E-state index contributed by atoms with van der Waals surface area (Å²) in [6.07, 6.45) is 1.91. The van der Waals surface area contributed by atoms with Gasteiger partial charge < -0.3 is 15.7 Å². The molecule has 15 heavy (non-hydrogen) atoms. The zero-order valence-electron chi connectivity index (χ0n) is 9.86. The summed E-state index contributed by atoms with van der Waals surface area (Å²) >= 11 is 0. The molecule has 0 radical (unpaired) electrons. The van der Waals surface area contributed by atoms with E-state index in [1.54, 1.807) is 0 Å². The fourth-order valence-corrected chi connectivity index (χ4v) is 2.10. The number of hydrogen-bond acceptors (Lipinski definition) is 3. The number of likely N-dealkylation sites (N-methyl/N-ethyl adjacent to an activating group) is 1. The minimum absolute atomic E-state index is 0.171. The van der Waals surface area contributed by atoms with E-state index in [-0.39, 0.29) is 5.92 Å². The molecule has 3 N–H and O–H groups in total. The van der Waals surface area contributed by atoms with Crippen molar-refractivity contribution in [1.82, 2.24) is 4.90 Å². The third kappa shape index (κ3) is 3.18. The predicted octanol–water partition coefficient (Wildman–Crippen LogP) is 0.766. The summed E-state index contributed by atoms with van der Waals surface area (Å²) in [6.45, 7) is 5.57. The SMILES string of the molecule is CC(C)CN(C)CC(N)(C(=O)O)C1CC1. The minimum Gasteiger partial charge on any atom is -0.480 e. The number of carboxylic acid groups (broad SMARTS) is 1. The van der Waals surface area contributed by atoms with Crippen LogP contribution in [-0.2, 0) is 4.79 Å². The molecule has 0 aromatic rings. The van der Waals surface area contributed by atoms with Gasteiger partial charge in [-0.25, -0.2) is 0 Å². The number of rotatable bonds is 6. The van der Waals surface area contributed by atoms with Gasteiger partial charge in [-0.05, 0) is 31.7 Å². The summed E-state index contributed by atoms with van der Waals surface area (Å²) in [5.41, 5.74) is 4.94. The summed E-state index contributed by atoms with van der Waals surface area (Å²) in [5, 5.41) is 9.17. The first-order chi connectivity index (χ1) is 6.86. The van der Waals surface area contributed by atoms with Crippen molar-refractivity contribution in [2.45, 2.75) is 32.2 Å². The van der Waals surface area contributed by atoms with Crippen LogP contribution >= 0.6 is 0 Å². The van der Waals surface area contributed by atoms with Crippen LogP contribution in [0.15, 0.2) is 0 Å². The van der Waals surface area contributed by atoms with Gasteiger partial charge in [0.1, 0.15) is 5.54 Å². The Kier molecular flexibility index (Phi) is 3.73. The molecule has 1 rings (SSSR count). The van der Waals surface area contributed by atoms with E-state index in [4.69, 9.17) is 5.73 Å². The molecular weight excluding hydrogens is 192 g/mol. The molecule has 0 spiro atoms. The van der Waals surface area contributed by atoms with Crippen LogP contribution in [0, 0.1) is 11.8 Å². The lowest BCUT2D eigenvalue weighted by Crippen LogP contribution is -2.57. The van der Waals surface area contributed by atoms with Crippen LogP contribution in [0.1, 0.15) is 26.7 Å². The van der Waals surface area contributed by atoms with Crippen LogP contribution in [-0.4, -0.2) is 41.7 Å². The monoisotopic (exact) mass is 214 g/mol. The van der Waals surface area contributed by atoms with Crippen molar-refractivity contribution >= 4 is 5.97 Å². The standard InChI is InChI=1S/C11H22N2O2/c1-8(2)6-13(3)7-11(12,10(14)15)9-4-5-9/h8-9H,4-7,12H2,1-3H3,(H,14,15). The molecule has 0 amide bonds. The van der Waals surface area contributed by atoms with Crippen molar-refractivity contribution in [2.24, 2.45) is 17.6 Å². The van der Waals surface area contributed by atoms with Gasteiger partial charge in [-0.2, -0.15) is 0 Å². The second-order valence-electron chi connectivity index (χ2n) is 5.21. The van der Waals surface area contributed by atoms with Crippen LogP contribution in [0.4, 0.5) is 0 Å². The maximum atomic E-state index is 11.2. The van der Waals surface area contributed by atoms with Crippen molar-refractivity contribution in [3.63, 3.8) is 0 Å². The van der Waals surface area contributed by atoms with Crippen molar-refractivity contribution in [1.29, 1.82) is 0 Å². The van der Waals surface area contributed by atoms with E-state index in [1.807, 2.05) is 11.9 Å². The van der Waals surface area contributed by atoms with Crippen molar-refractivity contribution in [3.05, 3.63) is 0 Å². The van der Waals surface area contributed by atoms with Gasteiger partial charge in [0.05, 0.1) is 0 Å². The van der Waals surface area contributed by atoms with E-state index in [0.29, 0.717) is 12.5 Å². The van der Waals surface area contributed by atoms with Gasteiger partial charge >= 0.3 is 5.97 Å². The fraction of sp³-hybridized carbons (Fsp3) is 0.909. The number of aliphatic carboxylic acids is 1. The zero-order valence-corrected chi connectivity index (χ0v) is 9.86. The lowest BCUT2D eigenvalue weighted by atomic mass is 9.94. The lowest BCUT2D eigenvalue weighted by molar-refractivity contribution is -0.145. The molecule has 4 heteroatoms. The van der Waals surface area contributed by atoms with Crippen molar-refractivity contribution in [3.8, 4) is 0 Å². The van der Waals surface area contributed by atoms with E-state index >= 15 is 0 Å². The molecule has 1 aliphatic rings. The summed E-state index contributed by atoms with van der Waals surface area (Å²) in [7, 11) is 1.94. The fourth-order valence-electron chi connectivity index (χ4n) is 2.10. The van der Waals surface area contributed by atoms with Gasteiger partial charge in [0, 0.05) is 13.1 Å². The topological polar surface area (TPSA) is 66.6 Å². The summed E-state index contributed by atoms with van der Waals surface area (Å²) in [5.74, 6) is -0.155. The Morgan fingerprint density at radius 1 is 1.60 bits per heavy atom. The van der Waals surface area contributed by atoms with Gasteiger partial charge in [0.2, 0.25) is 0 Å². The van der Waals surface area contributed by atoms with E-state index in [2.05, 4.69) is 13.8 Å². The van der Waals surface area contributed by atoms with Crippen molar-refractivity contribution in [2.75, 3.05) is 20.1 Å². The molecular formula is C11H22N2O2. The number of hydrogen-bond donors (Lipinski definition) is 2. The van der Waals surface area contributed by atoms with Crippen LogP contribution in [0.5, 0.6) is 0 Å². The summed E-state index contributed by atoms with van der Waals surface area (Å²) < 4.78 is 0.